The van der Waals surface area contributed by atoms with Crippen molar-refractivity contribution in [2.45, 2.75) is 51.8 Å². The molecule has 0 saturated heterocycles. The molecule has 1 rings (SSSR count). The molecule has 0 spiro atoms. The number of carbonyl (C=O) groups excluding carboxylic acids is 1. The summed E-state index contributed by atoms with van der Waals surface area (Å²) in [6.07, 6.45) is 0. The minimum absolute atomic E-state index is 0.204. The highest BCUT2D eigenvalue weighted by Gasteiger charge is 2.52. The summed E-state index contributed by atoms with van der Waals surface area (Å²) in [6.45, 7) is 9.15. The number of benzene rings is 1. The number of nitrogens with zero attached hydrogens (tertiary/aromatic N) is 1. The van der Waals surface area contributed by atoms with Crippen LogP contribution in [0.5, 0.6) is 0 Å². The maximum atomic E-state index is 12.8. The van der Waals surface area contributed by atoms with E-state index < -0.39 is 36.6 Å². The van der Waals surface area contributed by atoms with Crippen molar-refractivity contribution < 1.29 is 22.9 Å². The number of esters is 1. The van der Waals surface area contributed by atoms with E-state index in [1.54, 1.807) is 6.07 Å². The largest absolute Gasteiger partial charge is 0.469 e. The molecule has 146 valence electrons. The van der Waals surface area contributed by atoms with Crippen molar-refractivity contribution in [2.75, 3.05) is 7.11 Å². The number of methoxy groups -OCH3 is 1. The Bertz CT molecular complexity index is 811. The molecule has 0 bridgehead atoms. The number of carbonyl (C=O) groups is 1. The van der Waals surface area contributed by atoms with Crippen LogP contribution >= 0.6 is 0 Å². The van der Waals surface area contributed by atoms with Crippen molar-refractivity contribution in [1.82, 2.24) is 4.72 Å². The van der Waals surface area contributed by atoms with Gasteiger partial charge < -0.3 is 4.74 Å². The Morgan fingerprint density at radius 1 is 1.15 bits per heavy atom. The van der Waals surface area contributed by atoms with Gasteiger partial charge in [-0.25, -0.2) is 13.1 Å². The van der Waals surface area contributed by atoms with Gasteiger partial charge in [-0.3, -0.25) is 14.9 Å². The zero-order chi connectivity index (χ0) is 20.6. The quantitative estimate of drug-likeness (QED) is 0.456. The molecule has 1 aromatic carbocycles. The van der Waals surface area contributed by atoms with Gasteiger partial charge in [0.1, 0.15) is 0 Å². The van der Waals surface area contributed by atoms with Crippen LogP contribution in [0.25, 0.3) is 0 Å². The molecule has 26 heavy (non-hydrogen) atoms. The maximum absolute atomic E-state index is 12.8. The van der Waals surface area contributed by atoms with Crippen molar-refractivity contribution in [3.05, 3.63) is 39.9 Å². The third-order valence-corrected chi connectivity index (χ3v) is 7.01. The summed E-state index contributed by atoms with van der Waals surface area (Å²) >= 11 is 0. The Balaban J connectivity index is 3.71. The number of nitro benzene ring substituents is 1. The van der Waals surface area contributed by atoms with Crippen molar-refractivity contribution in [1.29, 1.82) is 0 Å². The van der Waals surface area contributed by atoms with Crippen LogP contribution in [0.1, 0.15) is 47.1 Å². The fraction of sp³-hybridized carbons (Fsp3) is 0.588. The summed E-state index contributed by atoms with van der Waals surface area (Å²) in [7, 11) is -2.68. The maximum Gasteiger partial charge on any atom is 0.313 e. The molecule has 0 heterocycles. The highest BCUT2D eigenvalue weighted by Crippen LogP contribution is 2.42. The van der Waals surface area contributed by atoms with Crippen LogP contribution in [0, 0.1) is 15.5 Å². The molecule has 1 atom stereocenters. The van der Waals surface area contributed by atoms with Crippen LogP contribution in [0.15, 0.2) is 24.3 Å². The van der Waals surface area contributed by atoms with Gasteiger partial charge >= 0.3 is 5.97 Å². The number of hydrogen-bond acceptors (Lipinski definition) is 6. The zero-order valence-corrected chi connectivity index (χ0v) is 16.9. The Kier molecular flexibility index (Phi) is 5.90. The van der Waals surface area contributed by atoms with Gasteiger partial charge in [-0.1, -0.05) is 12.1 Å². The van der Waals surface area contributed by atoms with E-state index in [0.29, 0.717) is 0 Å². The minimum Gasteiger partial charge on any atom is -0.469 e. The Hall–Kier alpha value is -2.00. The second-order valence-corrected chi connectivity index (χ2v) is 10.2. The second-order valence-electron chi connectivity index (χ2n) is 7.77. The van der Waals surface area contributed by atoms with E-state index in [2.05, 4.69) is 4.72 Å². The normalized spacial score (nSPS) is 15.2. The van der Waals surface area contributed by atoms with Crippen LogP contribution in [0.4, 0.5) is 5.69 Å². The zero-order valence-electron chi connectivity index (χ0n) is 16.1. The van der Waals surface area contributed by atoms with Gasteiger partial charge in [-0.15, -0.1) is 0 Å². The lowest BCUT2D eigenvalue weighted by atomic mass is 9.70. The molecule has 0 aliphatic rings. The molecule has 0 aliphatic heterocycles. The van der Waals surface area contributed by atoms with Gasteiger partial charge in [-0.05, 0) is 47.1 Å². The molecule has 0 fully saturated rings. The molecule has 0 amide bonds. The first-order valence-electron chi connectivity index (χ1n) is 7.97. The summed E-state index contributed by atoms with van der Waals surface area (Å²) in [4.78, 5) is 23.0. The minimum atomic E-state index is -3.89. The van der Waals surface area contributed by atoms with Gasteiger partial charge in [0.25, 0.3) is 5.69 Å². The summed E-state index contributed by atoms with van der Waals surface area (Å²) in [5, 5.41) is 11.1. The molecular formula is C17H26N2O6S. The number of hydrogen-bond donors (Lipinski definition) is 1. The van der Waals surface area contributed by atoms with Crippen molar-refractivity contribution in [2.24, 2.45) is 5.41 Å². The number of sulfonamides is 1. The molecule has 1 aromatic rings. The van der Waals surface area contributed by atoms with Crippen molar-refractivity contribution in [3.63, 3.8) is 0 Å². The van der Waals surface area contributed by atoms with Gasteiger partial charge in [0.15, 0.2) is 0 Å². The van der Waals surface area contributed by atoms with Crippen molar-refractivity contribution >= 4 is 21.7 Å². The molecule has 0 radical (unpaired) electrons. The molecule has 0 unspecified atom stereocenters. The van der Waals surface area contributed by atoms with E-state index in [9.17, 15) is 23.3 Å². The highest BCUT2D eigenvalue weighted by atomic mass is 32.2. The van der Waals surface area contributed by atoms with Crippen LogP contribution < -0.4 is 4.72 Å². The predicted octanol–water partition coefficient (Wildman–Crippen LogP) is 2.73. The average molecular weight is 386 g/mol. The fourth-order valence-corrected chi connectivity index (χ4v) is 3.58. The Morgan fingerprint density at radius 3 is 2.12 bits per heavy atom. The molecule has 9 heteroatoms. The SMILES string of the molecule is COC(=O)C(C)(C)[C@](C)(NS(=O)(=O)C(C)(C)C)c1cccc([N+](=O)[O-])c1. The molecule has 1 N–H and O–H groups in total. The van der Waals surface area contributed by atoms with E-state index in [1.165, 1.54) is 66.9 Å². The van der Waals surface area contributed by atoms with Gasteiger partial charge in [0.05, 0.1) is 27.7 Å². The van der Waals surface area contributed by atoms with E-state index in [4.69, 9.17) is 4.74 Å². The summed E-state index contributed by atoms with van der Waals surface area (Å²) < 4.78 is 31.9. The standard InChI is InChI=1S/C17H26N2O6S/c1-15(2,3)26(23,24)18-17(6,16(4,5)14(20)25-7)12-9-8-10-13(11-12)19(21)22/h8-11,18H,1-7H3/t17-/m1/s1. The smallest absolute Gasteiger partial charge is 0.313 e. The topological polar surface area (TPSA) is 116 Å². The number of nitrogens with one attached hydrogen (secondary N) is 1. The predicted molar refractivity (Wildman–Crippen MR) is 98.1 cm³/mol. The lowest BCUT2D eigenvalue weighted by molar-refractivity contribution is -0.385. The van der Waals surface area contributed by atoms with Crippen LogP contribution in [0.2, 0.25) is 0 Å². The second kappa shape index (κ2) is 6.96. The van der Waals surface area contributed by atoms with E-state index in [1.807, 2.05) is 0 Å². The highest BCUT2D eigenvalue weighted by molar-refractivity contribution is 7.90. The van der Waals surface area contributed by atoms with Crippen LogP contribution in [-0.4, -0.2) is 31.2 Å². The molecular weight excluding hydrogens is 360 g/mol. The third-order valence-electron chi connectivity index (χ3n) is 4.72. The van der Waals surface area contributed by atoms with Crippen LogP contribution in [0.3, 0.4) is 0 Å². The number of nitro groups is 1. The first-order valence-corrected chi connectivity index (χ1v) is 9.45. The lowest BCUT2D eigenvalue weighted by Gasteiger charge is -2.44. The van der Waals surface area contributed by atoms with Crippen LogP contribution in [-0.2, 0) is 25.1 Å². The molecule has 8 nitrogen and oxygen atoms in total. The van der Waals surface area contributed by atoms with E-state index >= 15 is 0 Å². The third kappa shape index (κ3) is 3.88. The molecule has 0 aromatic heterocycles. The van der Waals surface area contributed by atoms with Gasteiger partial charge in [-0.2, -0.15) is 0 Å². The Labute approximate surface area is 154 Å². The average Bonchev–Trinajstić information content (AvgIpc) is 2.52. The first kappa shape index (κ1) is 22.0. The lowest BCUT2D eigenvalue weighted by Crippen LogP contribution is -2.59. The number of non-ortho nitro benzene ring substituents is 1. The monoisotopic (exact) mass is 386 g/mol. The van der Waals surface area contributed by atoms with Gasteiger partial charge in [0, 0.05) is 12.1 Å². The molecule has 0 saturated carbocycles. The van der Waals surface area contributed by atoms with Crippen molar-refractivity contribution in [3.8, 4) is 0 Å². The van der Waals surface area contributed by atoms with E-state index in [-0.39, 0.29) is 11.3 Å². The van der Waals surface area contributed by atoms with E-state index in [0.717, 1.165) is 0 Å². The number of ether oxygens (including phenoxy) is 1. The fourth-order valence-electron chi connectivity index (χ4n) is 2.36. The van der Waals surface area contributed by atoms with Gasteiger partial charge in [0.2, 0.25) is 10.0 Å². The summed E-state index contributed by atoms with van der Waals surface area (Å²) in [6, 6.07) is 5.55. The first-order chi connectivity index (χ1) is 11.6. The summed E-state index contributed by atoms with van der Waals surface area (Å²) in [5.41, 5.74) is -2.76. The Morgan fingerprint density at radius 2 is 1.69 bits per heavy atom. The summed E-state index contributed by atoms with van der Waals surface area (Å²) in [5.74, 6) is -0.650. The number of rotatable bonds is 6. The molecule has 0 aliphatic carbocycles.